The van der Waals surface area contributed by atoms with Crippen molar-refractivity contribution in [2.45, 2.75) is 39.5 Å². The lowest BCUT2D eigenvalue weighted by molar-refractivity contribution is -0.137. The lowest BCUT2D eigenvalue weighted by Gasteiger charge is -2.23. The highest BCUT2D eigenvalue weighted by atomic mass is 16.4. The molecule has 0 saturated heterocycles. The molecule has 1 atom stereocenters. The van der Waals surface area contributed by atoms with Gasteiger partial charge in [0.1, 0.15) is 0 Å². The average Bonchev–Trinajstić information content (AvgIpc) is 2.38. The summed E-state index contributed by atoms with van der Waals surface area (Å²) in [5.74, 6) is -0.690. The monoisotopic (exact) mass is 274 g/mol. The van der Waals surface area contributed by atoms with Gasteiger partial charge in [-0.3, -0.25) is 4.79 Å². The van der Waals surface area contributed by atoms with Crippen LogP contribution in [0.15, 0.2) is 0 Å². The number of amides is 2. The number of aliphatic carboxylic acids is 1. The number of aliphatic hydroxyl groups is 1. The van der Waals surface area contributed by atoms with E-state index in [-0.39, 0.29) is 25.0 Å². The number of hydrogen-bond donors (Lipinski definition) is 3. The second-order valence-corrected chi connectivity index (χ2v) is 4.79. The standard InChI is InChI=1S/C13H26N2O4/c1-3-4-7-15(8-9-16)13(19)14-10-11(2)5-6-12(17)18/h11,16H,3-10H2,1-2H3,(H,14,19)(H,17,18). The molecule has 0 aromatic heterocycles. The minimum Gasteiger partial charge on any atom is -0.481 e. The van der Waals surface area contributed by atoms with Gasteiger partial charge in [-0.15, -0.1) is 0 Å². The minimum absolute atomic E-state index is 0.0499. The fraction of sp³-hybridized carbons (Fsp3) is 0.846. The van der Waals surface area contributed by atoms with Gasteiger partial charge in [0.25, 0.3) is 0 Å². The summed E-state index contributed by atoms with van der Waals surface area (Å²) in [5, 5.41) is 20.3. The van der Waals surface area contributed by atoms with Gasteiger partial charge in [0, 0.05) is 26.1 Å². The third-order valence-electron chi connectivity index (χ3n) is 2.89. The van der Waals surface area contributed by atoms with Gasteiger partial charge in [-0.05, 0) is 18.8 Å². The predicted molar refractivity (Wildman–Crippen MR) is 73.0 cm³/mol. The van der Waals surface area contributed by atoms with Crippen LogP contribution < -0.4 is 5.32 Å². The SMILES string of the molecule is CCCCN(CCO)C(=O)NCC(C)CCC(=O)O. The van der Waals surface area contributed by atoms with Crippen LogP contribution in [-0.2, 0) is 4.79 Å². The van der Waals surface area contributed by atoms with Crippen molar-refractivity contribution in [1.29, 1.82) is 0 Å². The molecule has 112 valence electrons. The molecule has 6 heteroatoms. The molecule has 0 aromatic rings. The Morgan fingerprint density at radius 2 is 2.00 bits per heavy atom. The molecule has 0 aliphatic rings. The van der Waals surface area contributed by atoms with E-state index in [1.165, 1.54) is 0 Å². The highest BCUT2D eigenvalue weighted by molar-refractivity contribution is 5.74. The molecular weight excluding hydrogens is 248 g/mol. The van der Waals surface area contributed by atoms with E-state index in [1.807, 2.05) is 13.8 Å². The Hall–Kier alpha value is -1.30. The molecule has 0 aromatic carbocycles. The van der Waals surface area contributed by atoms with Crippen molar-refractivity contribution in [2.75, 3.05) is 26.2 Å². The summed E-state index contributed by atoms with van der Waals surface area (Å²) < 4.78 is 0. The van der Waals surface area contributed by atoms with E-state index in [0.717, 1.165) is 12.8 Å². The van der Waals surface area contributed by atoms with Crippen LogP contribution in [0.5, 0.6) is 0 Å². The van der Waals surface area contributed by atoms with Crippen molar-refractivity contribution in [2.24, 2.45) is 5.92 Å². The third kappa shape index (κ3) is 9.30. The molecular formula is C13H26N2O4. The Bertz CT molecular complexity index is 271. The smallest absolute Gasteiger partial charge is 0.317 e. The Morgan fingerprint density at radius 3 is 2.53 bits per heavy atom. The lowest BCUT2D eigenvalue weighted by atomic mass is 10.1. The van der Waals surface area contributed by atoms with Gasteiger partial charge in [-0.2, -0.15) is 0 Å². The molecule has 0 saturated carbocycles. The summed E-state index contributed by atoms with van der Waals surface area (Å²) in [5.41, 5.74) is 0. The first-order valence-corrected chi connectivity index (χ1v) is 6.86. The Kier molecular flexibility index (Phi) is 9.88. The maximum Gasteiger partial charge on any atom is 0.317 e. The molecule has 3 N–H and O–H groups in total. The summed E-state index contributed by atoms with van der Waals surface area (Å²) >= 11 is 0. The van der Waals surface area contributed by atoms with Crippen LogP contribution >= 0.6 is 0 Å². The number of aliphatic hydroxyl groups excluding tert-OH is 1. The van der Waals surface area contributed by atoms with E-state index >= 15 is 0 Å². The van der Waals surface area contributed by atoms with E-state index < -0.39 is 5.97 Å². The first kappa shape index (κ1) is 17.7. The number of nitrogens with zero attached hydrogens (tertiary/aromatic N) is 1. The maximum absolute atomic E-state index is 11.9. The van der Waals surface area contributed by atoms with Crippen molar-refractivity contribution < 1.29 is 19.8 Å². The highest BCUT2D eigenvalue weighted by Gasteiger charge is 2.13. The lowest BCUT2D eigenvalue weighted by Crippen LogP contribution is -2.43. The number of urea groups is 1. The first-order chi connectivity index (χ1) is 9.01. The summed E-state index contributed by atoms with van der Waals surface area (Å²) in [6, 6.07) is -0.190. The van der Waals surface area contributed by atoms with Crippen LogP contribution in [-0.4, -0.2) is 53.4 Å². The number of nitrogens with one attached hydrogen (secondary N) is 1. The molecule has 0 aliphatic heterocycles. The number of unbranched alkanes of at least 4 members (excludes halogenated alkanes) is 1. The molecule has 0 fully saturated rings. The van der Waals surface area contributed by atoms with Crippen molar-refractivity contribution in [3.05, 3.63) is 0 Å². The van der Waals surface area contributed by atoms with E-state index in [9.17, 15) is 9.59 Å². The normalized spacial score (nSPS) is 11.9. The maximum atomic E-state index is 11.9. The zero-order valence-corrected chi connectivity index (χ0v) is 11.9. The van der Waals surface area contributed by atoms with Gasteiger partial charge in [0.2, 0.25) is 0 Å². The molecule has 0 radical (unpaired) electrons. The van der Waals surface area contributed by atoms with E-state index in [0.29, 0.717) is 26.1 Å². The third-order valence-corrected chi connectivity index (χ3v) is 2.89. The zero-order valence-electron chi connectivity index (χ0n) is 11.9. The molecule has 0 aliphatic carbocycles. The average molecular weight is 274 g/mol. The Labute approximate surface area is 114 Å². The van der Waals surface area contributed by atoms with Crippen molar-refractivity contribution in [3.8, 4) is 0 Å². The number of carbonyl (C=O) groups excluding carboxylic acids is 1. The van der Waals surface area contributed by atoms with Crippen LogP contribution in [0.2, 0.25) is 0 Å². The summed E-state index contributed by atoms with van der Waals surface area (Å²) in [7, 11) is 0. The second kappa shape index (κ2) is 10.6. The highest BCUT2D eigenvalue weighted by Crippen LogP contribution is 2.04. The molecule has 1 unspecified atom stereocenters. The summed E-state index contributed by atoms with van der Waals surface area (Å²) in [6.07, 6.45) is 2.56. The van der Waals surface area contributed by atoms with Crippen LogP contribution in [0.3, 0.4) is 0 Å². The van der Waals surface area contributed by atoms with Crippen LogP contribution in [0.1, 0.15) is 39.5 Å². The largest absolute Gasteiger partial charge is 0.481 e. The van der Waals surface area contributed by atoms with Crippen LogP contribution in [0, 0.1) is 5.92 Å². The fourth-order valence-electron chi connectivity index (χ4n) is 1.63. The predicted octanol–water partition coefficient (Wildman–Crippen LogP) is 1.29. The quantitative estimate of drug-likeness (QED) is 0.560. The topological polar surface area (TPSA) is 89.9 Å². The van der Waals surface area contributed by atoms with Gasteiger partial charge < -0.3 is 20.4 Å². The number of rotatable bonds is 10. The van der Waals surface area contributed by atoms with Crippen molar-refractivity contribution >= 4 is 12.0 Å². The first-order valence-electron chi connectivity index (χ1n) is 6.86. The zero-order chi connectivity index (χ0) is 14.7. The van der Waals surface area contributed by atoms with E-state index in [1.54, 1.807) is 4.90 Å². The minimum atomic E-state index is -0.817. The van der Waals surface area contributed by atoms with Gasteiger partial charge in [-0.1, -0.05) is 20.3 Å². The fourth-order valence-corrected chi connectivity index (χ4v) is 1.63. The molecule has 6 nitrogen and oxygen atoms in total. The second-order valence-electron chi connectivity index (χ2n) is 4.79. The van der Waals surface area contributed by atoms with Crippen molar-refractivity contribution in [3.63, 3.8) is 0 Å². The van der Waals surface area contributed by atoms with Crippen LogP contribution in [0.4, 0.5) is 4.79 Å². The number of carbonyl (C=O) groups is 2. The molecule has 0 heterocycles. The van der Waals surface area contributed by atoms with Crippen LogP contribution in [0.25, 0.3) is 0 Å². The van der Waals surface area contributed by atoms with E-state index in [2.05, 4.69) is 5.32 Å². The number of hydrogen-bond acceptors (Lipinski definition) is 3. The number of carboxylic acids is 1. The number of carboxylic acid groups (broad SMARTS) is 1. The van der Waals surface area contributed by atoms with E-state index in [4.69, 9.17) is 10.2 Å². The molecule has 19 heavy (non-hydrogen) atoms. The molecule has 2 amide bonds. The van der Waals surface area contributed by atoms with Gasteiger partial charge >= 0.3 is 12.0 Å². The van der Waals surface area contributed by atoms with Gasteiger partial charge in [-0.25, -0.2) is 4.79 Å². The molecule has 0 bridgehead atoms. The molecule has 0 rings (SSSR count). The Morgan fingerprint density at radius 1 is 1.32 bits per heavy atom. The summed E-state index contributed by atoms with van der Waals surface area (Å²) in [6.45, 7) is 5.32. The van der Waals surface area contributed by atoms with Gasteiger partial charge in [0.05, 0.1) is 6.61 Å². The van der Waals surface area contributed by atoms with Gasteiger partial charge in [0.15, 0.2) is 0 Å². The molecule has 0 spiro atoms. The van der Waals surface area contributed by atoms with Crippen molar-refractivity contribution in [1.82, 2.24) is 10.2 Å². The Balaban J connectivity index is 3.99. The summed E-state index contributed by atoms with van der Waals surface area (Å²) in [4.78, 5) is 23.9.